The molecule has 7 heteroatoms. The Balaban J connectivity index is 0.00000364. The van der Waals surface area contributed by atoms with Gasteiger partial charge in [-0.3, -0.25) is 4.90 Å². The van der Waals surface area contributed by atoms with Gasteiger partial charge in [0.15, 0.2) is 0 Å². The molecule has 0 amide bonds. The van der Waals surface area contributed by atoms with E-state index in [-0.39, 0.29) is 39.6 Å². The maximum absolute atomic E-state index is 10.6. The Bertz CT molecular complexity index is 439. The van der Waals surface area contributed by atoms with Gasteiger partial charge in [-0.25, -0.2) is 0 Å². The average Bonchev–Trinajstić information content (AvgIpc) is 2.64. The second-order valence-corrected chi connectivity index (χ2v) is 8.23. The number of nitrogens with zero attached hydrogens (tertiary/aromatic N) is 1. The first-order valence-electron chi connectivity index (χ1n) is 10.7. The Morgan fingerprint density at radius 1 is 0.821 bits per heavy atom. The summed E-state index contributed by atoms with van der Waals surface area (Å²) in [5, 5.41) is 40.4. The van der Waals surface area contributed by atoms with Crippen molar-refractivity contribution in [3.8, 4) is 0 Å². The van der Waals surface area contributed by atoms with E-state index in [9.17, 15) is 20.4 Å². The van der Waals surface area contributed by atoms with Crippen molar-refractivity contribution in [1.82, 2.24) is 4.90 Å². The normalized spacial score (nSPS) is 34.3. The fourth-order valence-electron chi connectivity index (χ4n) is 4.44. The van der Waals surface area contributed by atoms with Gasteiger partial charge < -0.3 is 20.4 Å². The highest BCUT2D eigenvalue weighted by Crippen LogP contribution is 2.27. The quantitative estimate of drug-likeness (QED) is 0.499. The van der Waals surface area contributed by atoms with E-state index in [1.165, 1.54) is 57.8 Å². The zero-order chi connectivity index (χ0) is 18.9. The highest BCUT2D eigenvalue weighted by molar-refractivity contribution is 7.59. The number of aliphatic hydroxyl groups excluding tert-OH is 4. The van der Waals surface area contributed by atoms with E-state index in [0.717, 1.165) is 19.4 Å². The minimum Gasteiger partial charge on any atom is -0.392 e. The third-order valence-corrected chi connectivity index (χ3v) is 6.21. The molecular weight excluding hydrogens is 394 g/mol. The van der Waals surface area contributed by atoms with Crippen molar-refractivity contribution in [2.45, 2.75) is 108 Å². The molecule has 0 radical (unpaired) electrons. The molecule has 5 nitrogen and oxygen atoms in total. The van der Waals surface area contributed by atoms with Gasteiger partial charge in [-0.1, -0.05) is 63.9 Å². The number of hydrogen-bond donors (Lipinski definition) is 4. The second-order valence-electron chi connectivity index (χ2n) is 8.23. The highest BCUT2D eigenvalue weighted by atomic mass is 32.1. The molecule has 1 saturated heterocycles. The van der Waals surface area contributed by atoms with Crippen LogP contribution in [0.5, 0.6) is 0 Å². The summed E-state index contributed by atoms with van der Waals surface area (Å²) in [6, 6.07) is -0.0466. The van der Waals surface area contributed by atoms with Crippen LogP contribution >= 0.6 is 27.0 Å². The first kappa shape index (κ1) is 28.2. The molecule has 0 saturated carbocycles. The highest BCUT2D eigenvalue weighted by Gasteiger charge is 2.40. The summed E-state index contributed by atoms with van der Waals surface area (Å²) in [5.74, 6) is 0. The Kier molecular flexibility index (Phi) is 15.2. The van der Waals surface area contributed by atoms with E-state index in [0.29, 0.717) is 11.6 Å². The largest absolute Gasteiger partial charge is 0.392 e. The lowest BCUT2D eigenvalue weighted by molar-refractivity contribution is -0.0882. The van der Waals surface area contributed by atoms with E-state index < -0.39 is 18.3 Å². The van der Waals surface area contributed by atoms with Gasteiger partial charge in [-0.2, -0.15) is 27.0 Å². The Morgan fingerprint density at radius 2 is 1.32 bits per heavy atom. The lowest BCUT2D eigenvalue weighted by Gasteiger charge is -2.43. The molecule has 1 aliphatic carbocycles. The van der Waals surface area contributed by atoms with Crippen molar-refractivity contribution >= 4 is 27.0 Å². The van der Waals surface area contributed by atoms with Crippen LogP contribution in [-0.2, 0) is 0 Å². The first-order valence-corrected chi connectivity index (χ1v) is 10.7. The summed E-state index contributed by atoms with van der Waals surface area (Å²) < 4.78 is 0. The van der Waals surface area contributed by atoms with Gasteiger partial charge in [0.2, 0.25) is 0 Å². The predicted molar refractivity (Wildman–Crippen MR) is 125 cm³/mol. The van der Waals surface area contributed by atoms with Crippen LogP contribution in [0.1, 0.15) is 77.6 Å². The topological polar surface area (TPSA) is 84.2 Å². The molecule has 0 aromatic carbocycles. The van der Waals surface area contributed by atoms with Crippen LogP contribution in [0.2, 0.25) is 0 Å². The summed E-state index contributed by atoms with van der Waals surface area (Å²) in [6.07, 6.45) is 12.0. The average molecular weight is 438 g/mol. The molecule has 1 fully saturated rings. The Hall–Kier alpha value is 0.240. The van der Waals surface area contributed by atoms with Gasteiger partial charge in [-0.05, 0) is 31.9 Å². The zero-order valence-corrected chi connectivity index (χ0v) is 19.4. The lowest BCUT2D eigenvalue weighted by Crippen LogP contribution is -2.57. The molecule has 2 rings (SSSR count). The third-order valence-electron chi connectivity index (χ3n) is 6.21. The van der Waals surface area contributed by atoms with Gasteiger partial charge in [0.05, 0.1) is 12.6 Å². The summed E-state index contributed by atoms with van der Waals surface area (Å²) in [5.41, 5.74) is 0.416. The molecular formula is C21H43NO4S2. The van der Waals surface area contributed by atoms with E-state index in [1.807, 2.05) is 0 Å². The van der Waals surface area contributed by atoms with Gasteiger partial charge in [0, 0.05) is 6.04 Å². The molecule has 0 aromatic heterocycles. The Morgan fingerprint density at radius 3 is 1.86 bits per heavy atom. The molecule has 0 aromatic rings. The van der Waals surface area contributed by atoms with E-state index in [1.54, 1.807) is 6.08 Å². The van der Waals surface area contributed by atoms with E-state index in [2.05, 4.69) is 11.8 Å². The molecule has 5 atom stereocenters. The number of aliphatic hydroxyl groups is 4. The lowest BCUT2D eigenvalue weighted by atomic mass is 9.86. The van der Waals surface area contributed by atoms with Crippen molar-refractivity contribution in [2.75, 3.05) is 13.2 Å². The number of hydrogen-bond acceptors (Lipinski definition) is 5. The van der Waals surface area contributed by atoms with Crippen molar-refractivity contribution in [3.63, 3.8) is 0 Å². The minimum atomic E-state index is -1.24. The molecule has 2 aliphatic rings. The SMILES string of the molecule is CC1CCCCCCCCCCCCN1[C@@H]1C=C(CO)C(O)[C@H](O)C1O.S.S. The first-order chi connectivity index (χ1) is 12.6. The number of rotatable bonds is 2. The molecule has 4 N–H and O–H groups in total. The van der Waals surface area contributed by atoms with E-state index in [4.69, 9.17) is 0 Å². The molecule has 0 spiro atoms. The van der Waals surface area contributed by atoms with Gasteiger partial charge >= 0.3 is 0 Å². The molecule has 1 aliphatic heterocycles. The summed E-state index contributed by atoms with van der Waals surface area (Å²) >= 11 is 0. The van der Waals surface area contributed by atoms with Gasteiger partial charge in [-0.15, -0.1) is 0 Å². The van der Waals surface area contributed by atoms with Crippen LogP contribution in [0.15, 0.2) is 11.6 Å². The predicted octanol–water partition coefficient (Wildman–Crippen LogP) is 2.59. The smallest absolute Gasteiger partial charge is 0.111 e. The summed E-state index contributed by atoms with van der Waals surface area (Å²) in [6.45, 7) is 2.78. The van der Waals surface area contributed by atoms with Crippen LogP contribution in [0.3, 0.4) is 0 Å². The molecule has 168 valence electrons. The maximum Gasteiger partial charge on any atom is 0.111 e. The Labute approximate surface area is 185 Å². The standard InChI is InChI=1S/C21H39NO4.2H2S/c1-16-12-10-8-6-4-2-3-5-7-9-11-13-22(16)18-14-17(15-23)19(24)21(26)20(18)25;;/h14,16,18-21,23-26H,2-13,15H2,1H3;2*1H2/t16?,18-,19?,20?,21+;;/m1../s1. The van der Waals surface area contributed by atoms with Crippen molar-refractivity contribution < 1.29 is 20.4 Å². The summed E-state index contributed by atoms with van der Waals surface area (Å²) in [4.78, 5) is 2.28. The van der Waals surface area contributed by atoms with Crippen molar-refractivity contribution in [2.24, 2.45) is 0 Å². The minimum absolute atomic E-state index is 0. The zero-order valence-electron chi connectivity index (χ0n) is 17.4. The van der Waals surface area contributed by atoms with Gasteiger partial charge in [0.25, 0.3) is 0 Å². The fourth-order valence-corrected chi connectivity index (χ4v) is 4.44. The van der Waals surface area contributed by atoms with Crippen molar-refractivity contribution in [1.29, 1.82) is 0 Å². The molecule has 0 bridgehead atoms. The molecule has 28 heavy (non-hydrogen) atoms. The van der Waals surface area contributed by atoms with Crippen LogP contribution in [0.25, 0.3) is 0 Å². The van der Waals surface area contributed by atoms with Crippen LogP contribution in [-0.4, -0.2) is 68.9 Å². The molecule has 3 unspecified atom stereocenters. The monoisotopic (exact) mass is 437 g/mol. The maximum atomic E-state index is 10.6. The van der Waals surface area contributed by atoms with Gasteiger partial charge in [0.1, 0.15) is 18.3 Å². The van der Waals surface area contributed by atoms with Crippen LogP contribution in [0.4, 0.5) is 0 Å². The van der Waals surface area contributed by atoms with Crippen LogP contribution < -0.4 is 0 Å². The summed E-state index contributed by atoms with van der Waals surface area (Å²) in [7, 11) is 0. The third kappa shape index (κ3) is 8.17. The second kappa shape index (κ2) is 15.1. The van der Waals surface area contributed by atoms with E-state index >= 15 is 0 Å². The van der Waals surface area contributed by atoms with Crippen LogP contribution in [0, 0.1) is 0 Å². The molecule has 1 heterocycles. The fraction of sp³-hybridized carbons (Fsp3) is 0.905. The van der Waals surface area contributed by atoms with Crippen molar-refractivity contribution in [3.05, 3.63) is 11.6 Å².